The normalized spacial score (nSPS) is 10.8. The molecule has 7 nitrogen and oxygen atoms in total. The van der Waals surface area contributed by atoms with Crippen LogP contribution in [-0.2, 0) is 9.59 Å². The summed E-state index contributed by atoms with van der Waals surface area (Å²) in [6, 6.07) is 24.9. The Balaban J connectivity index is 1.54. The zero-order valence-electron chi connectivity index (χ0n) is 18.6. The molecule has 0 aliphatic carbocycles. The monoisotopic (exact) mass is 529 g/mol. The quantitative estimate of drug-likeness (QED) is 0.122. The number of nitrogens with zero attached hydrogens (tertiary/aromatic N) is 1. The molecule has 35 heavy (non-hydrogen) atoms. The van der Waals surface area contributed by atoms with Crippen molar-refractivity contribution in [1.29, 1.82) is 0 Å². The lowest BCUT2D eigenvalue weighted by molar-refractivity contribution is -0.136. The molecule has 0 saturated carbocycles. The van der Waals surface area contributed by atoms with E-state index in [1.54, 1.807) is 48.5 Å². The number of hydrazone groups is 1. The second kappa shape index (κ2) is 10.8. The van der Waals surface area contributed by atoms with Crippen molar-refractivity contribution in [3.8, 4) is 5.75 Å². The minimum Gasteiger partial charge on any atom is -0.422 e. The van der Waals surface area contributed by atoms with E-state index in [4.69, 9.17) is 4.74 Å². The van der Waals surface area contributed by atoms with Gasteiger partial charge in [0, 0.05) is 15.7 Å². The molecule has 0 spiro atoms. The van der Waals surface area contributed by atoms with E-state index in [9.17, 15) is 14.4 Å². The van der Waals surface area contributed by atoms with Crippen molar-refractivity contribution >= 4 is 56.4 Å². The molecule has 174 valence electrons. The molecule has 4 aromatic rings. The highest BCUT2D eigenvalue weighted by Gasteiger charge is 2.15. The molecule has 0 unspecified atom stereocenters. The van der Waals surface area contributed by atoms with E-state index in [-0.39, 0.29) is 5.75 Å². The van der Waals surface area contributed by atoms with E-state index in [1.165, 1.54) is 6.21 Å². The van der Waals surface area contributed by atoms with E-state index in [0.29, 0.717) is 16.8 Å². The summed E-state index contributed by atoms with van der Waals surface area (Å²) in [4.78, 5) is 37.1. The summed E-state index contributed by atoms with van der Waals surface area (Å²) in [7, 11) is 0. The fraction of sp³-hybridized carbons (Fsp3) is 0.0370. The SMILES string of the molecule is Cc1cccc(C(=O)Oc2ccc3ccccc3c2/C=N\NC(=O)C(=O)Nc2ccc(Br)cc2)c1. The van der Waals surface area contributed by atoms with Crippen LogP contribution in [-0.4, -0.2) is 24.0 Å². The Morgan fingerprint density at radius 1 is 0.886 bits per heavy atom. The third-order valence-corrected chi connectivity index (χ3v) is 5.58. The van der Waals surface area contributed by atoms with Gasteiger partial charge in [-0.2, -0.15) is 5.10 Å². The first-order valence-electron chi connectivity index (χ1n) is 10.6. The third kappa shape index (κ3) is 5.99. The zero-order chi connectivity index (χ0) is 24.8. The van der Waals surface area contributed by atoms with Gasteiger partial charge in [-0.3, -0.25) is 9.59 Å². The molecular formula is C27H20BrN3O4. The second-order valence-corrected chi connectivity index (χ2v) is 8.53. The number of aryl methyl sites for hydroxylation is 1. The highest BCUT2D eigenvalue weighted by atomic mass is 79.9. The highest BCUT2D eigenvalue weighted by molar-refractivity contribution is 9.10. The number of esters is 1. The fourth-order valence-corrected chi connectivity index (χ4v) is 3.62. The maximum Gasteiger partial charge on any atom is 0.343 e. The first kappa shape index (κ1) is 23.8. The number of carbonyl (C=O) groups excluding carboxylic acids is 3. The zero-order valence-corrected chi connectivity index (χ0v) is 20.2. The van der Waals surface area contributed by atoms with Gasteiger partial charge in [0.2, 0.25) is 0 Å². The van der Waals surface area contributed by atoms with Crippen molar-refractivity contribution in [2.24, 2.45) is 5.10 Å². The number of ether oxygens (including phenoxy) is 1. The molecule has 2 amide bonds. The minimum absolute atomic E-state index is 0.271. The second-order valence-electron chi connectivity index (χ2n) is 7.62. The van der Waals surface area contributed by atoms with Crippen LogP contribution in [0.1, 0.15) is 21.5 Å². The van der Waals surface area contributed by atoms with Crippen LogP contribution in [0.25, 0.3) is 10.8 Å². The summed E-state index contributed by atoms with van der Waals surface area (Å²) >= 11 is 3.31. The van der Waals surface area contributed by atoms with Crippen molar-refractivity contribution in [3.05, 3.63) is 106 Å². The average Bonchev–Trinajstić information content (AvgIpc) is 2.86. The molecule has 4 aromatic carbocycles. The number of benzene rings is 4. The molecule has 0 aliphatic rings. The number of halogens is 1. The summed E-state index contributed by atoms with van der Waals surface area (Å²) in [5, 5.41) is 8.09. The van der Waals surface area contributed by atoms with E-state index >= 15 is 0 Å². The van der Waals surface area contributed by atoms with Crippen molar-refractivity contribution in [2.45, 2.75) is 6.92 Å². The van der Waals surface area contributed by atoms with Gasteiger partial charge in [-0.1, -0.05) is 64.0 Å². The number of carbonyl (C=O) groups is 3. The molecule has 0 aliphatic heterocycles. The van der Waals surface area contributed by atoms with Crippen LogP contribution in [0.3, 0.4) is 0 Å². The first-order valence-corrected chi connectivity index (χ1v) is 11.4. The molecule has 0 bridgehead atoms. The van der Waals surface area contributed by atoms with E-state index in [1.807, 2.05) is 43.3 Å². The van der Waals surface area contributed by atoms with Gasteiger partial charge < -0.3 is 10.1 Å². The van der Waals surface area contributed by atoms with Crippen LogP contribution in [0, 0.1) is 6.92 Å². The largest absolute Gasteiger partial charge is 0.422 e. The molecule has 0 radical (unpaired) electrons. The number of rotatable bonds is 5. The topological polar surface area (TPSA) is 96.9 Å². The predicted octanol–water partition coefficient (Wildman–Crippen LogP) is 5.22. The van der Waals surface area contributed by atoms with Gasteiger partial charge >= 0.3 is 17.8 Å². The summed E-state index contributed by atoms with van der Waals surface area (Å²) in [5.74, 6) is -2.06. The molecule has 0 saturated heterocycles. The number of hydrogen-bond acceptors (Lipinski definition) is 5. The lowest BCUT2D eigenvalue weighted by atomic mass is 10.0. The van der Waals surface area contributed by atoms with E-state index in [0.717, 1.165) is 20.8 Å². The lowest BCUT2D eigenvalue weighted by Crippen LogP contribution is -2.32. The molecule has 2 N–H and O–H groups in total. The Hall–Kier alpha value is -4.30. The van der Waals surface area contributed by atoms with Crippen molar-refractivity contribution in [1.82, 2.24) is 5.43 Å². The Morgan fingerprint density at radius 2 is 1.66 bits per heavy atom. The molecule has 8 heteroatoms. The number of amides is 2. The minimum atomic E-state index is -0.942. The molecule has 0 heterocycles. The fourth-order valence-electron chi connectivity index (χ4n) is 3.36. The van der Waals surface area contributed by atoms with Crippen LogP contribution < -0.4 is 15.5 Å². The number of nitrogens with one attached hydrogen (secondary N) is 2. The van der Waals surface area contributed by atoms with Crippen LogP contribution >= 0.6 is 15.9 Å². The Bertz CT molecular complexity index is 1450. The van der Waals surface area contributed by atoms with Gasteiger partial charge in [0.25, 0.3) is 0 Å². The van der Waals surface area contributed by atoms with Gasteiger partial charge in [0.05, 0.1) is 11.8 Å². The van der Waals surface area contributed by atoms with Crippen molar-refractivity contribution in [2.75, 3.05) is 5.32 Å². The van der Waals surface area contributed by atoms with Gasteiger partial charge in [-0.15, -0.1) is 0 Å². The summed E-state index contributed by atoms with van der Waals surface area (Å²) in [6.07, 6.45) is 1.35. The van der Waals surface area contributed by atoms with Crippen LogP contribution in [0.15, 0.2) is 94.5 Å². The maximum atomic E-state index is 12.7. The number of anilines is 1. The highest BCUT2D eigenvalue weighted by Crippen LogP contribution is 2.27. The molecule has 4 rings (SSSR count). The van der Waals surface area contributed by atoms with Gasteiger partial charge in [0.1, 0.15) is 5.75 Å². The number of hydrogen-bond donors (Lipinski definition) is 2. The lowest BCUT2D eigenvalue weighted by Gasteiger charge is -2.11. The Morgan fingerprint density at radius 3 is 2.43 bits per heavy atom. The van der Waals surface area contributed by atoms with Crippen LogP contribution in [0.5, 0.6) is 5.75 Å². The van der Waals surface area contributed by atoms with Gasteiger partial charge in [-0.25, -0.2) is 10.2 Å². The Labute approximate surface area is 209 Å². The van der Waals surface area contributed by atoms with Crippen molar-refractivity contribution < 1.29 is 19.1 Å². The average molecular weight is 530 g/mol. The van der Waals surface area contributed by atoms with Crippen LogP contribution in [0.4, 0.5) is 5.69 Å². The summed E-state index contributed by atoms with van der Waals surface area (Å²) in [6.45, 7) is 1.89. The van der Waals surface area contributed by atoms with Gasteiger partial charge in [0.15, 0.2) is 0 Å². The molecule has 0 fully saturated rings. The molecule has 0 atom stereocenters. The van der Waals surface area contributed by atoms with E-state index < -0.39 is 17.8 Å². The predicted molar refractivity (Wildman–Crippen MR) is 139 cm³/mol. The standard InChI is InChI=1S/C27H20BrN3O4/c1-17-5-4-7-19(15-17)27(34)35-24-14-9-18-6-2-3-8-22(18)23(24)16-29-31-26(33)25(32)30-21-12-10-20(28)11-13-21/h2-16H,1H3,(H,30,32)(H,31,33)/b29-16-. The first-order chi connectivity index (χ1) is 16.9. The molecular weight excluding hydrogens is 510 g/mol. The third-order valence-electron chi connectivity index (χ3n) is 5.06. The smallest absolute Gasteiger partial charge is 0.343 e. The maximum absolute atomic E-state index is 12.7. The van der Waals surface area contributed by atoms with Gasteiger partial charge in [-0.05, 0) is 60.2 Å². The van der Waals surface area contributed by atoms with Crippen LogP contribution in [0.2, 0.25) is 0 Å². The summed E-state index contributed by atoms with van der Waals surface area (Å²) < 4.78 is 6.51. The van der Waals surface area contributed by atoms with Crippen molar-refractivity contribution in [3.63, 3.8) is 0 Å². The van der Waals surface area contributed by atoms with E-state index in [2.05, 4.69) is 31.8 Å². The Kier molecular flexibility index (Phi) is 7.32. The number of fused-ring (bicyclic) bond motifs is 1. The molecule has 0 aromatic heterocycles. The summed E-state index contributed by atoms with van der Waals surface area (Å²) in [5.41, 5.74) is 4.52.